The van der Waals surface area contributed by atoms with Crippen molar-refractivity contribution in [3.05, 3.63) is 0 Å². The molecule has 1 unspecified atom stereocenters. The quantitative estimate of drug-likeness (QED) is 0.832. The Kier molecular flexibility index (Phi) is 4.55. The van der Waals surface area contributed by atoms with Crippen LogP contribution in [0.2, 0.25) is 0 Å². The molecule has 2 aliphatic rings. The standard InChI is InChI=1S/C15H26N2O3/c1-11(2)15(7-8-15)10-16-14(20)17-9-5-3-4-6-12(17)13(18)19/h11-12H,3-10H2,1-2H3,(H,16,20)(H,18,19). The molecule has 1 aliphatic carbocycles. The lowest BCUT2D eigenvalue weighted by molar-refractivity contribution is -0.142. The van der Waals surface area contributed by atoms with Crippen LogP contribution in [0.25, 0.3) is 0 Å². The third-order valence-electron chi connectivity index (χ3n) is 5.01. The van der Waals surface area contributed by atoms with Gasteiger partial charge in [-0.1, -0.05) is 26.7 Å². The second-order valence-corrected chi connectivity index (χ2v) is 6.57. The van der Waals surface area contributed by atoms with Gasteiger partial charge in [-0.25, -0.2) is 9.59 Å². The van der Waals surface area contributed by atoms with Crippen LogP contribution in [-0.2, 0) is 4.79 Å². The fraction of sp³-hybridized carbons (Fsp3) is 0.867. The molecule has 2 amide bonds. The number of aliphatic carboxylic acids is 1. The van der Waals surface area contributed by atoms with Crippen LogP contribution in [-0.4, -0.2) is 41.1 Å². The summed E-state index contributed by atoms with van der Waals surface area (Å²) in [5.74, 6) is -0.325. The minimum Gasteiger partial charge on any atom is -0.480 e. The van der Waals surface area contributed by atoms with E-state index in [1.807, 2.05) is 0 Å². The Hall–Kier alpha value is -1.26. The van der Waals surface area contributed by atoms with Crippen molar-refractivity contribution in [1.29, 1.82) is 0 Å². The zero-order valence-corrected chi connectivity index (χ0v) is 12.5. The number of rotatable bonds is 4. The van der Waals surface area contributed by atoms with E-state index in [0.29, 0.717) is 25.4 Å². The van der Waals surface area contributed by atoms with E-state index in [2.05, 4.69) is 19.2 Å². The number of carboxylic acid groups (broad SMARTS) is 1. The SMILES string of the molecule is CC(C)C1(CNC(=O)N2CCCCCC2C(=O)O)CC1. The molecule has 2 rings (SSSR count). The smallest absolute Gasteiger partial charge is 0.326 e. The van der Waals surface area contributed by atoms with E-state index in [0.717, 1.165) is 32.1 Å². The number of amides is 2. The number of carboxylic acids is 1. The number of likely N-dealkylation sites (tertiary alicyclic amines) is 1. The predicted molar refractivity (Wildman–Crippen MR) is 76.5 cm³/mol. The summed E-state index contributed by atoms with van der Waals surface area (Å²) in [6.07, 6.45) is 5.67. The number of carbonyl (C=O) groups excluding carboxylic acids is 1. The Balaban J connectivity index is 1.93. The number of urea groups is 1. The first kappa shape index (κ1) is 15.1. The van der Waals surface area contributed by atoms with Crippen LogP contribution in [0.5, 0.6) is 0 Å². The van der Waals surface area contributed by atoms with E-state index >= 15 is 0 Å². The molecule has 1 atom stereocenters. The van der Waals surface area contributed by atoms with Crippen LogP contribution in [0.15, 0.2) is 0 Å². The molecular weight excluding hydrogens is 256 g/mol. The van der Waals surface area contributed by atoms with E-state index in [1.54, 1.807) is 0 Å². The summed E-state index contributed by atoms with van der Waals surface area (Å²) in [5.41, 5.74) is 0.250. The van der Waals surface area contributed by atoms with Crippen LogP contribution >= 0.6 is 0 Å². The first-order valence-electron chi connectivity index (χ1n) is 7.73. The maximum Gasteiger partial charge on any atom is 0.326 e. The summed E-state index contributed by atoms with van der Waals surface area (Å²) in [5, 5.41) is 12.3. The van der Waals surface area contributed by atoms with Crippen molar-refractivity contribution in [2.45, 2.75) is 58.4 Å². The van der Waals surface area contributed by atoms with Crippen LogP contribution in [0.4, 0.5) is 4.79 Å². The molecule has 1 saturated carbocycles. The minimum atomic E-state index is -0.882. The van der Waals surface area contributed by atoms with Gasteiger partial charge in [-0.2, -0.15) is 0 Å². The lowest BCUT2D eigenvalue weighted by Gasteiger charge is -2.29. The van der Waals surface area contributed by atoms with Crippen LogP contribution < -0.4 is 5.32 Å². The lowest BCUT2D eigenvalue weighted by atomic mass is 9.92. The summed E-state index contributed by atoms with van der Waals surface area (Å²) in [6.45, 7) is 5.60. The molecule has 0 bridgehead atoms. The van der Waals surface area contributed by atoms with Crippen molar-refractivity contribution in [3.63, 3.8) is 0 Å². The molecule has 0 spiro atoms. The Bertz CT molecular complexity index is 377. The van der Waals surface area contributed by atoms with Crippen LogP contribution in [0.1, 0.15) is 52.4 Å². The van der Waals surface area contributed by atoms with Crippen molar-refractivity contribution in [3.8, 4) is 0 Å². The molecule has 0 aromatic carbocycles. The van der Waals surface area contributed by atoms with E-state index < -0.39 is 12.0 Å². The van der Waals surface area contributed by atoms with Crippen molar-refractivity contribution in [1.82, 2.24) is 10.2 Å². The summed E-state index contributed by atoms with van der Waals surface area (Å²) >= 11 is 0. The van der Waals surface area contributed by atoms with Gasteiger partial charge in [0.25, 0.3) is 0 Å². The Labute approximate surface area is 120 Å². The van der Waals surface area contributed by atoms with Gasteiger partial charge in [0.1, 0.15) is 6.04 Å². The number of hydrogen-bond acceptors (Lipinski definition) is 2. The molecule has 0 aromatic heterocycles. The average Bonchev–Trinajstić information content (AvgIpc) is 3.19. The fourth-order valence-electron chi connectivity index (χ4n) is 3.08. The molecule has 2 fully saturated rings. The Morgan fingerprint density at radius 1 is 1.30 bits per heavy atom. The summed E-state index contributed by atoms with van der Waals surface area (Å²) in [6, 6.07) is -0.863. The van der Waals surface area contributed by atoms with E-state index in [9.17, 15) is 14.7 Å². The van der Waals surface area contributed by atoms with E-state index in [4.69, 9.17) is 0 Å². The molecule has 2 N–H and O–H groups in total. The number of carbonyl (C=O) groups is 2. The van der Waals surface area contributed by atoms with Gasteiger partial charge in [0, 0.05) is 13.1 Å². The largest absolute Gasteiger partial charge is 0.480 e. The molecule has 1 heterocycles. The minimum absolute atomic E-state index is 0.203. The average molecular weight is 282 g/mol. The second kappa shape index (κ2) is 6.02. The van der Waals surface area contributed by atoms with Gasteiger partial charge in [-0.3, -0.25) is 0 Å². The van der Waals surface area contributed by atoms with Crippen LogP contribution in [0.3, 0.4) is 0 Å². The second-order valence-electron chi connectivity index (χ2n) is 6.57. The molecule has 1 aliphatic heterocycles. The van der Waals surface area contributed by atoms with E-state index in [-0.39, 0.29) is 11.4 Å². The highest BCUT2D eigenvalue weighted by molar-refractivity contribution is 5.82. The van der Waals surface area contributed by atoms with Crippen LogP contribution in [0, 0.1) is 11.3 Å². The molecule has 0 aromatic rings. The highest BCUT2D eigenvalue weighted by atomic mass is 16.4. The number of nitrogens with zero attached hydrogens (tertiary/aromatic N) is 1. The molecule has 1 saturated heterocycles. The number of nitrogens with one attached hydrogen (secondary N) is 1. The summed E-state index contributed by atoms with van der Waals surface area (Å²) < 4.78 is 0. The van der Waals surface area contributed by atoms with Crippen molar-refractivity contribution in [2.75, 3.05) is 13.1 Å². The van der Waals surface area contributed by atoms with Gasteiger partial charge in [0.05, 0.1) is 0 Å². The molecule has 5 nitrogen and oxygen atoms in total. The molecule has 5 heteroatoms. The molecule has 114 valence electrons. The van der Waals surface area contributed by atoms with Gasteiger partial charge in [0.2, 0.25) is 0 Å². The lowest BCUT2D eigenvalue weighted by Crippen LogP contribution is -2.50. The van der Waals surface area contributed by atoms with Crippen molar-refractivity contribution < 1.29 is 14.7 Å². The molecule has 20 heavy (non-hydrogen) atoms. The normalized spacial score (nSPS) is 25.1. The summed E-state index contributed by atoms with van der Waals surface area (Å²) in [4.78, 5) is 25.2. The van der Waals surface area contributed by atoms with Crippen molar-refractivity contribution >= 4 is 12.0 Å². The first-order chi connectivity index (χ1) is 9.46. The zero-order valence-electron chi connectivity index (χ0n) is 12.5. The Morgan fingerprint density at radius 3 is 2.55 bits per heavy atom. The monoisotopic (exact) mass is 282 g/mol. The fourth-order valence-corrected chi connectivity index (χ4v) is 3.08. The third-order valence-corrected chi connectivity index (χ3v) is 5.01. The highest BCUT2D eigenvalue weighted by Gasteiger charge is 2.45. The Morgan fingerprint density at radius 2 is 2.00 bits per heavy atom. The first-order valence-corrected chi connectivity index (χ1v) is 7.73. The van der Waals surface area contributed by atoms with Gasteiger partial charge in [-0.05, 0) is 37.0 Å². The van der Waals surface area contributed by atoms with Gasteiger partial charge < -0.3 is 15.3 Å². The van der Waals surface area contributed by atoms with Gasteiger partial charge in [-0.15, -0.1) is 0 Å². The van der Waals surface area contributed by atoms with Gasteiger partial charge in [0.15, 0.2) is 0 Å². The van der Waals surface area contributed by atoms with Crippen molar-refractivity contribution in [2.24, 2.45) is 11.3 Å². The number of hydrogen-bond donors (Lipinski definition) is 2. The highest BCUT2D eigenvalue weighted by Crippen LogP contribution is 2.51. The maximum atomic E-state index is 12.3. The topological polar surface area (TPSA) is 69.6 Å². The molecule has 0 radical (unpaired) electrons. The zero-order chi connectivity index (χ0) is 14.8. The third kappa shape index (κ3) is 3.25. The molecular formula is C15H26N2O3. The summed E-state index contributed by atoms with van der Waals surface area (Å²) in [7, 11) is 0. The van der Waals surface area contributed by atoms with Gasteiger partial charge >= 0.3 is 12.0 Å². The predicted octanol–water partition coefficient (Wildman–Crippen LogP) is 2.46. The van der Waals surface area contributed by atoms with E-state index in [1.165, 1.54) is 4.90 Å². The maximum absolute atomic E-state index is 12.3.